The molecule has 19 heavy (non-hydrogen) atoms. The Bertz CT molecular complexity index is 517. The summed E-state index contributed by atoms with van der Waals surface area (Å²) in [5.41, 5.74) is 4.80. The molecule has 0 aliphatic heterocycles. The molecule has 0 aliphatic rings. The molecule has 0 bridgehead atoms. The predicted octanol–water partition coefficient (Wildman–Crippen LogP) is 3.65. The Morgan fingerprint density at radius 1 is 1.11 bits per heavy atom. The zero-order valence-electron chi connectivity index (χ0n) is 12.0. The number of rotatable bonds is 5. The van der Waals surface area contributed by atoms with Crippen molar-refractivity contribution >= 4 is 0 Å². The van der Waals surface area contributed by atoms with E-state index in [4.69, 9.17) is 0 Å². The second-order valence-electron chi connectivity index (χ2n) is 4.92. The van der Waals surface area contributed by atoms with Crippen molar-refractivity contribution in [2.45, 2.75) is 32.7 Å². The van der Waals surface area contributed by atoms with Crippen LogP contribution in [0.15, 0.2) is 42.5 Å². The fourth-order valence-electron chi connectivity index (χ4n) is 2.38. The minimum Gasteiger partial charge on any atom is -0.308 e. The number of hydrogen-bond donors (Lipinski definition) is 1. The molecule has 0 radical (unpaired) electrons. The van der Waals surface area contributed by atoms with Crippen LogP contribution >= 0.6 is 0 Å². The molecular weight excluding hydrogens is 232 g/mol. The van der Waals surface area contributed by atoms with Gasteiger partial charge in [0.05, 0.1) is 11.7 Å². The van der Waals surface area contributed by atoms with Crippen LogP contribution in [0.1, 0.15) is 41.9 Å². The first kappa shape index (κ1) is 13.8. The third kappa shape index (κ3) is 3.42. The molecule has 2 heteroatoms. The van der Waals surface area contributed by atoms with Crippen molar-refractivity contribution in [3.8, 4) is 0 Å². The van der Waals surface area contributed by atoms with E-state index in [9.17, 15) is 0 Å². The summed E-state index contributed by atoms with van der Waals surface area (Å²) in [4.78, 5) is 4.62. The van der Waals surface area contributed by atoms with Gasteiger partial charge in [0.2, 0.25) is 0 Å². The molecule has 0 amide bonds. The molecular formula is C17H22N2. The average Bonchev–Trinajstić information content (AvgIpc) is 2.42. The molecule has 0 saturated heterocycles. The number of nitrogens with one attached hydrogen (secondary N) is 1. The van der Waals surface area contributed by atoms with Crippen molar-refractivity contribution in [2.24, 2.45) is 0 Å². The van der Waals surface area contributed by atoms with Gasteiger partial charge >= 0.3 is 0 Å². The van der Waals surface area contributed by atoms with Gasteiger partial charge in [0.25, 0.3) is 0 Å². The fourth-order valence-corrected chi connectivity index (χ4v) is 2.38. The first-order valence-electron chi connectivity index (χ1n) is 6.94. The SMILES string of the molecule is CCCc1ccc(C(NC)c2cccc(C)n2)cc1. The number of benzene rings is 1. The Hall–Kier alpha value is -1.67. The lowest BCUT2D eigenvalue weighted by Crippen LogP contribution is -2.19. The minimum absolute atomic E-state index is 0.163. The van der Waals surface area contributed by atoms with E-state index in [1.165, 1.54) is 17.5 Å². The van der Waals surface area contributed by atoms with Crippen molar-refractivity contribution < 1.29 is 0 Å². The van der Waals surface area contributed by atoms with E-state index in [0.717, 1.165) is 17.8 Å². The highest BCUT2D eigenvalue weighted by Crippen LogP contribution is 2.21. The third-order valence-electron chi connectivity index (χ3n) is 3.35. The van der Waals surface area contributed by atoms with Crippen molar-refractivity contribution in [3.05, 3.63) is 65.0 Å². The van der Waals surface area contributed by atoms with Crippen LogP contribution in [0.2, 0.25) is 0 Å². The summed E-state index contributed by atoms with van der Waals surface area (Å²) < 4.78 is 0. The summed E-state index contributed by atoms with van der Waals surface area (Å²) in [6.07, 6.45) is 2.33. The minimum atomic E-state index is 0.163. The molecule has 0 aliphatic carbocycles. The van der Waals surface area contributed by atoms with Crippen molar-refractivity contribution in [1.82, 2.24) is 10.3 Å². The number of aromatic nitrogens is 1. The van der Waals surface area contributed by atoms with Crippen LogP contribution in [-0.4, -0.2) is 12.0 Å². The van der Waals surface area contributed by atoms with E-state index < -0.39 is 0 Å². The van der Waals surface area contributed by atoms with Crippen LogP contribution < -0.4 is 5.32 Å². The summed E-state index contributed by atoms with van der Waals surface area (Å²) >= 11 is 0. The average molecular weight is 254 g/mol. The van der Waals surface area contributed by atoms with E-state index >= 15 is 0 Å². The van der Waals surface area contributed by atoms with Gasteiger partial charge in [0, 0.05) is 5.69 Å². The van der Waals surface area contributed by atoms with Gasteiger partial charge in [-0.2, -0.15) is 0 Å². The lowest BCUT2D eigenvalue weighted by atomic mass is 10.00. The second kappa shape index (κ2) is 6.48. The Kier molecular flexibility index (Phi) is 4.69. The molecule has 2 rings (SSSR count). The lowest BCUT2D eigenvalue weighted by Gasteiger charge is -2.17. The van der Waals surface area contributed by atoms with E-state index in [1.54, 1.807) is 0 Å². The molecule has 2 nitrogen and oxygen atoms in total. The van der Waals surface area contributed by atoms with Gasteiger partial charge in [-0.3, -0.25) is 4.98 Å². The largest absolute Gasteiger partial charge is 0.308 e. The van der Waals surface area contributed by atoms with E-state index in [1.807, 2.05) is 20.0 Å². The summed E-state index contributed by atoms with van der Waals surface area (Å²) in [7, 11) is 1.98. The first-order valence-corrected chi connectivity index (χ1v) is 6.94. The molecule has 1 unspecified atom stereocenters. The summed E-state index contributed by atoms with van der Waals surface area (Å²) in [5.74, 6) is 0. The zero-order chi connectivity index (χ0) is 13.7. The van der Waals surface area contributed by atoms with Crippen molar-refractivity contribution in [2.75, 3.05) is 7.05 Å². The summed E-state index contributed by atoms with van der Waals surface area (Å²) in [5, 5.41) is 3.35. The van der Waals surface area contributed by atoms with Gasteiger partial charge in [-0.25, -0.2) is 0 Å². The number of pyridine rings is 1. The highest BCUT2D eigenvalue weighted by Gasteiger charge is 2.13. The van der Waals surface area contributed by atoms with Gasteiger partial charge in [0.1, 0.15) is 0 Å². The molecule has 2 aromatic rings. The highest BCUT2D eigenvalue weighted by atomic mass is 14.9. The molecule has 100 valence electrons. The molecule has 1 aromatic carbocycles. The number of nitrogens with zero attached hydrogens (tertiary/aromatic N) is 1. The Balaban J connectivity index is 2.26. The lowest BCUT2D eigenvalue weighted by molar-refractivity contribution is 0.668. The molecule has 0 spiro atoms. The van der Waals surface area contributed by atoms with Crippen LogP contribution in [0.5, 0.6) is 0 Å². The van der Waals surface area contributed by atoms with Crippen molar-refractivity contribution in [1.29, 1.82) is 0 Å². The maximum absolute atomic E-state index is 4.62. The predicted molar refractivity (Wildman–Crippen MR) is 80.3 cm³/mol. The number of hydrogen-bond acceptors (Lipinski definition) is 2. The van der Waals surface area contributed by atoms with E-state index in [-0.39, 0.29) is 6.04 Å². The van der Waals surface area contributed by atoms with Gasteiger partial charge in [-0.1, -0.05) is 43.7 Å². The third-order valence-corrected chi connectivity index (χ3v) is 3.35. The molecule has 1 N–H and O–H groups in total. The molecule has 0 saturated carbocycles. The van der Waals surface area contributed by atoms with Gasteiger partial charge < -0.3 is 5.32 Å². The summed E-state index contributed by atoms with van der Waals surface area (Å²) in [6.45, 7) is 4.24. The highest BCUT2D eigenvalue weighted by molar-refractivity contribution is 5.31. The monoisotopic (exact) mass is 254 g/mol. The van der Waals surface area contributed by atoms with Crippen LogP contribution in [0.3, 0.4) is 0 Å². The standard InChI is InChI=1S/C17H22N2/c1-4-6-14-9-11-15(12-10-14)17(18-3)16-8-5-7-13(2)19-16/h5,7-12,17-18H,4,6H2,1-3H3. The van der Waals surface area contributed by atoms with Gasteiger partial charge in [-0.05, 0) is 43.7 Å². The van der Waals surface area contributed by atoms with Gasteiger partial charge in [0.15, 0.2) is 0 Å². The van der Waals surface area contributed by atoms with Crippen LogP contribution in [0.25, 0.3) is 0 Å². The maximum Gasteiger partial charge on any atom is 0.0749 e. The Labute approximate surface area is 115 Å². The Morgan fingerprint density at radius 3 is 2.42 bits per heavy atom. The van der Waals surface area contributed by atoms with E-state index in [0.29, 0.717) is 0 Å². The molecule has 1 aromatic heterocycles. The maximum atomic E-state index is 4.62. The quantitative estimate of drug-likeness (QED) is 0.881. The number of aryl methyl sites for hydroxylation is 2. The van der Waals surface area contributed by atoms with Crippen LogP contribution in [0.4, 0.5) is 0 Å². The fraction of sp³-hybridized carbons (Fsp3) is 0.353. The first-order chi connectivity index (χ1) is 9.24. The van der Waals surface area contributed by atoms with Crippen molar-refractivity contribution in [3.63, 3.8) is 0 Å². The Morgan fingerprint density at radius 2 is 1.84 bits per heavy atom. The molecule has 0 fully saturated rings. The van der Waals surface area contributed by atoms with Crippen LogP contribution in [0, 0.1) is 6.92 Å². The second-order valence-corrected chi connectivity index (χ2v) is 4.92. The zero-order valence-corrected chi connectivity index (χ0v) is 12.0. The van der Waals surface area contributed by atoms with Gasteiger partial charge in [-0.15, -0.1) is 0 Å². The topological polar surface area (TPSA) is 24.9 Å². The molecule has 1 heterocycles. The smallest absolute Gasteiger partial charge is 0.0749 e. The van der Waals surface area contributed by atoms with E-state index in [2.05, 4.69) is 53.6 Å². The summed E-state index contributed by atoms with van der Waals surface area (Å²) in [6, 6.07) is 15.2. The molecule has 1 atom stereocenters. The normalized spacial score (nSPS) is 12.4. The van der Waals surface area contributed by atoms with Crippen LogP contribution in [-0.2, 0) is 6.42 Å².